The fraction of sp³-hybridized carbons (Fsp3) is 0.222. The Labute approximate surface area is 198 Å². The molecule has 3 amide bonds. The van der Waals surface area contributed by atoms with Crippen LogP contribution in [0.1, 0.15) is 31.8 Å². The van der Waals surface area contributed by atoms with Crippen LogP contribution in [-0.2, 0) is 11.2 Å². The van der Waals surface area contributed by atoms with Crippen molar-refractivity contribution in [3.63, 3.8) is 0 Å². The van der Waals surface area contributed by atoms with Crippen LogP contribution in [0.25, 0.3) is 0 Å². The monoisotopic (exact) mass is 459 g/mol. The molecule has 1 aliphatic heterocycles. The smallest absolute Gasteiger partial charge is 0.255 e. The number of rotatable bonds is 5. The number of anilines is 1. The van der Waals surface area contributed by atoms with E-state index in [1.807, 2.05) is 19.1 Å². The van der Waals surface area contributed by atoms with Gasteiger partial charge in [-0.15, -0.1) is 0 Å². The van der Waals surface area contributed by atoms with E-state index < -0.39 is 0 Å². The van der Waals surface area contributed by atoms with Gasteiger partial charge in [-0.2, -0.15) is 0 Å². The number of carbonyl (C=O) groups excluding carboxylic acids is 3. The van der Waals surface area contributed by atoms with E-state index in [2.05, 4.69) is 5.32 Å². The Bertz CT molecular complexity index is 1190. The average molecular weight is 460 g/mol. The highest BCUT2D eigenvalue weighted by atomic mass is 19.1. The van der Waals surface area contributed by atoms with E-state index in [-0.39, 0.29) is 30.0 Å². The molecule has 1 N–H and O–H groups in total. The number of benzene rings is 3. The molecule has 0 saturated carbocycles. The van der Waals surface area contributed by atoms with Gasteiger partial charge < -0.3 is 15.1 Å². The molecule has 1 aliphatic rings. The van der Waals surface area contributed by atoms with Gasteiger partial charge in [0.05, 0.1) is 6.42 Å². The highest BCUT2D eigenvalue weighted by Crippen LogP contribution is 2.20. The Kier molecular flexibility index (Phi) is 7.01. The van der Waals surface area contributed by atoms with Crippen LogP contribution in [0.4, 0.5) is 10.1 Å². The third-order valence-corrected chi connectivity index (χ3v) is 5.96. The molecule has 1 fully saturated rings. The molecule has 0 spiro atoms. The molecule has 0 unspecified atom stereocenters. The molecule has 0 aromatic heterocycles. The summed E-state index contributed by atoms with van der Waals surface area (Å²) in [6, 6.07) is 20.1. The minimum atomic E-state index is -0.331. The minimum Gasteiger partial charge on any atom is -0.339 e. The van der Waals surface area contributed by atoms with Crippen LogP contribution >= 0.6 is 0 Å². The molecule has 4 rings (SSSR count). The molecule has 7 heteroatoms. The Balaban J connectivity index is 1.36. The van der Waals surface area contributed by atoms with Crippen LogP contribution in [0.15, 0.2) is 72.8 Å². The molecule has 0 atom stereocenters. The van der Waals surface area contributed by atoms with Gasteiger partial charge in [0.15, 0.2) is 0 Å². The van der Waals surface area contributed by atoms with Crippen molar-refractivity contribution in [2.75, 3.05) is 31.5 Å². The van der Waals surface area contributed by atoms with Gasteiger partial charge in [0.1, 0.15) is 5.82 Å². The van der Waals surface area contributed by atoms with Gasteiger partial charge >= 0.3 is 0 Å². The lowest BCUT2D eigenvalue weighted by atomic mass is 10.1. The molecule has 1 heterocycles. The van der Waals surface area contributed by atoms with E-state index in [0.29, 0.717) is 43.0 Å². The van der Waals surface area contributed by atoms with Crippen molar-refractivity contribution in [3.05, 3.63) is 101 Å². The first-order valence-electron chi connectivity index (χ1n) is 11.2. The van der Waals surface area contributed by atoms with Crippen LogP contribution in [0.5, 0.6) is 0 Å². The summed E-state index contributed by atoms with van der Waals surface area (Å²) in [4.78, 5) is 41.7. The molecular weight excluding hydrogens is 433 g/mol. The maximum Gasteiger partial charge on any atom is 0.255 e. The molecule has 3 aromatic carbocycles. The summed E-state index contributed by atoms with van der Waals surface area (Å²) >= 11 is 0. The minimum absolute atomic E-state index is 0.0417. The number of halogens is 1. The molecule has 6 nitrogen and oxygen atoms in total. The van der Waals surface area contributed by atoms with Crippen molar-refractivity contribution in [3.8, 4) is 0 Å². The summed E-state index contributed by atoms with van der Waals surface area (Å²) in [6.07, 6.45) is 0.205. The normalized spacial score (nSPS) is 13.5. The van der Waals surface area contributed by atoms with Crippen molar-refractivity contribution in [1.82, 2.24) is 9.80 Å². The standard InChI is InChI=1S/C27H26FN3O3/c1-19-7-10-22(18-24(19)29-26(33)21-5-3-2-4-6-21)27(34)31-15-13-30(14-16-31)25(32)17-20-8-11-23(28)12-9-20/h2-12,18H,13-17H2,1H3,(H,29,33). The number of amides is 3. The number of aryl methyl sites for hydroxylation is 1. The van der Waals surface area contributed by atoms with Crippen LogP contribution < -0.4 is 5.32 Å². The molecule has 1 saturated heterocycles. The lowest BCUT2D eigenvalue weighted by Gasteiger charge is -2.35. The maximum atomic E-state index is 13.1. The van der Waals surface area contributed by atoms with Gasteiger partial charge in [-0.3, -0.25) is 14.4 Å². The number of nitrogens with one attached hydrogen (secondary N) is 1. The second kappa shape index (κ2) is 10.3. The summed E-state index contributed by atoms with van der Waals surface area (Å²) in [7, 11) is 0. The van der Waals surface area contributed by atoms with E-state index in [9.17, 15) is 18.8 Å². The molecule has 3 aromatic rings. The van der Waals surface area contributed by atoms with E-state index in [4.69, 9.17) is 0 Å². The van der Waals surface area contributed by atoms with Crippen LogP contribution in [0.3, 0.4) is 0 Å². The first-order chi connectivity index (χ1) is 16.4. The SMILES string of the molecule is Cc1ccc(C(=O)N2CCN(C(=O)Cc3ccc(F)cc3)CC2)cc1NC(=O)c1ccccc1. The number of carbonyl (C=O) groups is 3. The first-order valence-corrected chi connectivity index (χ1v) is 11.2. The highest BCUT2D eigenvalue weighted by molar-refractivity contribution is 6.05. The number of hydrogen-bond acceptors (Lipinski definition) is 3. The van der Waals surface area contributed by atoms with Gasteiger partial charge in [0.25, 0.3) is 11.8 Å². The summed E-state index contributed by atoms with van der Waals surface area (Å²) in [5.41, 5.74) is 3.24. The van der Waals surface area contributed by atoms with E-state index in [0.717, 1.165) is 11.1 Å². The topological polar surface area (TPSA) is 69.7 Å². The Morgan fingerprint density at radius 1 is 0.824 bits per heavy atom. The quantitative estimate of drug-likeness (QED) is 0.629. The first kappa shape index (κ1) is 23.2. The zero-order chi connectivity index (χ0) is 24.1. The van der Waals surface area contributed by atoms with E-state index in [1.54, 1.807) is 58.3 Å². The van der Waals surface area contributed by atoms with Crippen molar-refractivity contribution < 1.29 is 18.8 Å². The van der Waals surface area contributed by atoms with Gasteiger partial charge in [0.2, 0.25) is 5.91 Å². The largest absolute Gasteiger partial charge is 0.339 e. The fourth-order valence-corrected chi connectivity index (χ4v) is 3.90. The third kappa shape index (κ3) is 5.49. The Morgan fingerprint density at radius 2 is 1.47 bits per heavy atom. The Hall–Kier alpha value is -4.00. The zero-order valence-electron chi connectivity index (χ0n) is 19.0. The summed E-state index contributed by atoms with van der Waals surface area (Å²) in [5.74, 6) is -0.746. The number of piperazine rings is 1. The zero-order valence-corrected chi connectivity index (χ0v) is 19.0. The lowest BCUT2D eigenvalue weighted by molar-refractivity contribution is -0.131. The van der Waals surface area contributed by atoms with Gasteiger partial charge in [0, 0.05) is 43.0 Å². The lowest BCUT2D eigenvalue weighted by Crippen LogP contribution is -2.51. The second-order valence-corrected chi connectivity index (χ2v) is 8.33. The number of nitrogens with zero attached hydrogens (tertiary/aromatic N) is 2. The predicted octanol–water partition coefficient (Wildman–Crippen LogP) is 3.91. The molecule has 0 aliphatic carbocycles. The van der Waals surface area contributed by atoms with Crippen molar-refractivity contribution >= 4 is 23.4 Å². The van der Waals surface area contributed by atoms with Crippen LogP contribution in [-0.4, -0.2) is 53.7 Å². The second-order valence-electron chi connectivity index (χ2n) is 8.33. The maximum absolute atomic E-state index is 13.1. The van der Waals surface area contributed by atoms with Crippen molar-refractivity contribution in [1.29, 1.82) is 0 Å². The van der Waals surface area contributed by atoms with Gasteiger partial charge in [-0.25, -0.2) is 4.39 Å². The van der Waals surface area contributed by atoms with Crippen LogP contribution in [0.2, 0.25) is 0 Å². The molecule has 174 valence electrons. The fourth-order valence-electron chi connectivity index (χ4n) is 3.90. The van der Waals surface area contributed by atoms with E-state index >= 15 is 0 Å². The summed E-state index contributed by atoms with van der Waals surface area (Å²) < 4.78 is 13.1. The van der Waals surface area contributed by atoms with Gasteiger partial charge in [-0.05, 0) is 54.4 Å². The third-order valence-electron chi connectivity index (χ3n) is 5.96. The van der Waals surface area contributed by atoms with Crippen molar-refractivity contribution in [2.24, 2.45) is 0 Å². The average Bonchev–Trinajstić information content (AvgIpc) is 2.87. The highest BCUT2D eigenvalue weighted by Gasteiger charge is 2.25. The molecular formula is C27H26FN3O3. The van der Waals surface area contributed by atoms with Crippen molar-refractivity contribution in [2.45, 2.75) is 13.3 Å². The Morgan fingerprint density at radius 3 is 2.15 bits per heavy atom. The molecule has 34 heavy (non-hydrogen) atoms. The van der Waals surface area contributed by atoms with Gasteiger partial charge in [-0.1, -0.05) is 36.4 Å². The summed E-state index contributed by atoms with van der Waals surface area (Å²) in [5, 5.41) is 2.89. The molecule has 0 bridgehead atoms. The summed E-state index contributed by atoms with van der Waals surface area (Å²) in [6.45, 7) is 3.60. The van der Waals surface area contributed by atoms with E-state index in [1.165, 1.54) is 12.1 Å². The van der Waals surface area contributed by atoms with Crippen LogP contribution in [0, 0.1) is 12.7 Å². The number of hydrogen-bond donors (Lipinski definition) is 1. The predicted molar refractivity (Wildman–Crippen MR) is 128 cm³/mol. The molecule has 0 radical (unpaired) electrons.